The lowest BCUT2D eigenvalue weighted by molar-refractivity contribution is -0.154. The summed E-state index contributed by atoms with van der Waals surface area (Å²) in [5, 5.41) is 18.2. The fourth-order valence-electron chi connectivity index (χ4n) is 2.70. The molecular weight excluding hydrogens is 502 g/mol. The van der Waals surface area contributed by atoms with Crippen LogP contribution in [0.4, 0.5) is 43.9 Å². The molecular formula is C14H16F10O7S. The topological polar surface area (TPSA) is 129 Å². The van der Waals surface area contributed by atoms with Gasteiger partial charge in [0.15, 0.2) is 24.7 Å². The zero-order valence-electron chi connectivity index (χ0n) is 15.3. The van der Waals surface area contributed by atoms with E-state index in [1.165, 1.54) is 0 Å². The first-order valence-corrected chi connectivity index (χ1v) is 9.60. The fraction of sp³-hybridized carbons (Fsp3) is 0.857. The van der Waals surface area contributed by atoms with Crippen molar-refractivity contribution in [3.05, 3.63) is 0 Å². The van der Waals surface area contributed by atoms with Gasteiger partial charge in [-0.15, -0.1) is 0 Å². The second kappa shape index (κ2) is 11.3. The first-order chi connectivity index (χ1) is 14.3. The molecule has 0 rings (SSSR count). The Morgan fingerprint density at radius 3 is 1.38 bits per heavy atom. The van der Waals surface area contributed by atoms with E-state index in [1.807, 2.05) is 0 Å². The van der Waals surface area contributed by atoms with Gasteiger partial charge in [0.25, 0.3) is 23.0 Å². The highest BCUT2D eigenvalue weighted by Crippen LogP contribution is 2.39. The number of halogens is 10. The number of carbonyl (C=O) groups is 2. The van der Waals surface area contributed by atoms with Gasteiger partial charge in [0, 0.05) is 6.42 Å². The Hall–Kier alpha value is -1.85. The van der Waals surface area contributed by atoms with Crippen LogP contribution in [0, 0.1) is 5.92 Å². The molecule has 0 spiro atoms. The molecule has 0 saturated heterocycles. The molecule has 0 aromatic rings. The van der Waals surface area contributed by atoms with Gasteiger partial charge in [-0.1, -0.05) is 0 Å². The smallest absolute Gasteiger partial charge is 0.328 e. The minimum absolute atomic E-state index is 2.30. The zero-order chi connectivity index (χ0) is 25.8. The Morgan fingerprint density at radius 2 is 1.09 bits per heavy atom. The second-order valence-corrected chi connectivity index (χ2v) is 8.16. The zero-order valence-corrected chi connectivity index (χ0v) is 16.1. The SMILES string of the molecule is O=C(O)C(CC(F)C(F)C(F)C(F)F)C(CC(F)C(F)C(F)C(F)F)(C(=O)O)S(=O)(=O)O. The monoisotopic (exact) mass is 518 g/mol. The van der Waals surface area contributed by atoms with E-state index in [0.717, 1.165) is 0 Å². The normalized spacial score (nSPS) is 21.3. The van der Waals surface area contributed by atoms with Crippen LogP contribution in [-0.2, 0) is 19.7 Å². The lowest BCUT2D eigenvalue weighted by Gasteiger charge is -2.34. The van der Waals surface area contributed by atoms with Crippen molar-refractivity contribution in [2.75, 3.05) is 0 Å². The van der Waals surface area contributed by atoms with Gasteiger partial charge >= 0.3 is 11.9 Å². The molecule has 8 unspecified atom stereocenters. The van der Waals surface area contributed by atoms with Crippen molar-refractivity contribution in [3.8, 4) is 0 Å². The summed E-state index contributed by atoms with van der Waals surface area (Å²) in [6.07, 6.45) is -36.6. The summed E-state index contributed by atoms with van der Waals surface area (Å²) in [4.78, 5) is 22.9. The Labute approximate surface area is 173 Å². The Kier molecular flexibility index (Phi) is 10.7. The van der Waals surface area contributed by atoms with Gasteiger partial charge in [-0.05, 0) is 6.42 Å². The van der Waals surface area contributed by atoms with Gasteiger partial charge in [-0.2, -0.15) is 8.42 Å². The highest BCUT2D eigenvalue weighted by molar-refractivity contribution is 7.88. The average Bonchev–Trinajstić information content (AvgIpc) is 2.65. The molecule has 8 atom stereocenters. The van der Waals surface area contributed by atoms with E-state index in [4.69, 9.17) is 10.2 Å². The average molecular weight is 518 g/mol. The minimum atomic E-state index is -6.48. The predicted molar refractivity (Wildman–Crippen MR) is 83.7 cm³/mol. The molecule has 18 heteroatoms. The summed E-state index contributed by atoms with van der Waals surface area (Å²) in [7, 11) is -6.48. The number of hydrogen-bond donors (Lipinski definition) is 3. The van der Waals surface area contributed by atoms with Crippen LogP contribution in [0.1, 0.15) is 12.8 Å². The number of carboxylic acid groups (broad SMARTS) is 2. The second-order valence-electron chi connectivity index (χ2n) is 6.48. The number of hydrogen-bond acceptors (Lipinski definition) is 4. The molecule has 190 valence electrons. The lowest BCUT2D eigenvalue weighted by Crippen LogP contribution is -2.58. The first kappa shape index (κ1) is 30.1. The molecule has 3 N–H and O–H groups in total. The van der Waals surface area contributed by atoms with Crippen molar-refractivity contribution < 1.29 is 76.7 Å². The Morgan fingerprint density at radius 1 is 0.719 bits per heavy atom. The molecule has 0 heterocycles. The minimum Gasteiger partial charge on any atom is -0.481 e. The summed E-state index contributed by atoms with van der Waals surface area (Å²) < 4.78 is 158. The van der Waals surface area contributed by atoms with Crippen molar-refractivity contribution in [2.24, 2.45) is 5.92 Å². The first-order valence-electron chi connectivity index (χ1n) is 8.16. The van der Waals surface area contributed by atoms with Crippen molar-refractivity contribution in [1.29, 1.82) is 0 Å². The lowest BCUT2D eigenvalue weighted by atomic mass is 9.81. The fourth-order valence-corrected chi connectivity index (χ4v) is 3.85. The maximum atomic E-state index is 14.0. The summed E-state index contributed by atoms with van der Waals surface area (Å²) in [5.41, 5.74) is 0. The maximum absolute atomic E-state index is 14.0. The molecule has 7 nitrogen and oxygen atoms in total. The third kappa shape index (κ3) is 6.58. The molecule has 0 bridgehead atoms. The molecule has 0 aromatic heterocycles. The third-order valence-corrected chi connectivity index (χ3v) is 5.97. The van der Waals surface area contributed by atoms with Crippen LogP contribution >= 0.6 is 0 Å². The molecule has 0 aromatic carbocycles. The van der Waals surface area contributed by atoms with Crippen LogP contribution in [-0.4, -0.2) is 89.8 Å². The van der Waals surface area contributed by atoms with Crippen LogP contribution in [0.3, 0.4) is 0 Å². The van der Waals surface area contributed by atoms with Crippen LogP contribution < -0.4 is 0 Å². The number of rotatable bonds is 14. The highest BCUT2D eigenvalue weighted by Gasteiger charge is 2.62. The number of aliphatic carboxylic acids is 2. The van der Waals surface area contributed by atoms with Gasteiger partial charge in [0.1, 0.15) is 12.3 Å². The van der Waals surface area contributed by atoms with Gasteiger partial charge in [0.2, 0.25) is 4.75 Å². The molecule has 0 aliphatic carbocycles. The van der Waals surface area contributed by atoms with Crippen LogP contribution in [0.5, 0.6) is 0 Å². The van der Waals surface area contributed by atoms with E-state index < -0.39 is 95.4 Å². The summed E-state index contributed by atoms with van der Waals surface area (Å²) in [6.45, 7) is 0. The number of alkyl halides is 10. The van der Waals surface area contributed by atoms with Gasteiger partial charge in [0.05, 0.1) is 5.92 Å². The van der Waals surface area contributed by atoms with E-state index >= 15 is 0 Å². The van der Waals surface area contributed by atoms with Gasteiger partial charge in [-0.25, -0.2) is 43.9 Å². The molecule has 0 saturated carbocycles. The standard InChI is InChI=1S/C14H16F10O7S/c15-4(6(17)8(19)10(21)22)1-3(12(25)26)14(13(27)28,32(29,30)31)2-5(16)7(18)9(20)11(23)24/h3-11H,1-2H2,(H,25,26)(H,27,28)(H,29,30,31). The van der Waals surface area contributed by atoms with Crippen molar-refractivity contribution in [2.45, 2.75) is 67.5 Å². The van der Waals surface area contributed by atoms with Crippen molar-refractivity contribution >= 4 is 22.1 Å². The van der Waals surface area contributed by atoms with Crippen molar-refractivity contribution in [3.63, 3.8) is 0 Å². The molecule has 0 radical (unpaired) electrons. The predicted octanol–water partition coefficient (Wildman–Crippen LogP) is 2.74. The quantitative estimate of drug-likeness (QED) is 0.238. The van der Waals surface area contributed by atoms with Gasteiger partial charge < -0.3 is 10.2 Å². The van der Waals surface area contributed by atoms with E-state index in [0.29, 0.717) is 0 Å². The Balaban J connectivity index is 6.43. The largest absolute Gasteiger partial charge is 0.481 e. The number of carboxylic acids is 2. The molecule has 32 heavy (non-hydrogen) atoms. The van der Waals surface area contributed by atoms with Gasteiger partial charge in [-0.3, -0.25) is 14.1 Å². The molecule has 0 amide bonds. The summed E-state index contributed by atoms with van der Waals surface area (Å²) >= 11 is 0. The van der Waals surface area contributed by atoms with E-state index in [9.17, 15) is 66.5 Å². The summed E-state index contributed by atoms with van der Waals surface area (Å²) in [5.74, 6) is -9.33. The van der Waals surface area contributed by atoms with E-state index in [1.54, 1.807) is 0 Å². The maximum Gasteiger partial charge on any atom is 0.328 e. The van der Waals surface area contributed by atoms with E-state index in [-0.39, 0.29) is 0 Å². The molecule has 0 aliphatic heterocycles. The van der Waals surface area contributed by atoms with E-state index in [2.05, 4.69) is 0 Å². The van der Waals surface area contributed by atoms with Crippen molar-refractivity contribution in [1.82, 2.24) is 0 Å². The highest BCUT2D eigenvalue weighted by atomic mass is 32.2. The van der Waals surface area contributed by atoms with Crippen LogP contribution in [0.25, 0.3) is 0 Å². The molecule has 0 fully saturated rings. The Bertz CT molecular complexity index is 754. The summed E-state index contributed by atoms with van der Waals surface area (Å²) in [6, 6.07) is 0. The molecule has 0 aliphatic rings. The van der Waals surface area contributed by atoms with Crippen LogP contribution in [0.15, 0.2) is 0 Å². The third-order valence-electron chi connectivity index (χ3n) is 4.42. The van der Waals surface area contributed by atoms with Crippen LogP contribution in [0.2, 0.25) is 0 Å².